The topological polar surface area (TPSA) is 41.1 Å². The third-order valence-electron chi connectivity index (χ3n) is 2.71. The zero-order valence-corrected chi connectivity index (χ0v) is 9.93. The number of amides is 1. The molecule has 1 aromatic carbocycles. The predicted octanol–water partition coefficient (Wildman–Crippen LogP) is 2.05. The molecule has 0 saturated carbocycles. The highest BCUT2D eigenvalue weighted by molar-refractivity contribution is 5.92. The van der Waals surface area contributed by atoms with Gasteiger partial charge in [0.25, 0.3) is 0 Å². The van der Waals surface area contributed by atoms with E-state index in [2.05, 4.69) is 10.6 Å². The van der Waals surface area contributed by atoms with Crippen LogP contribution in [0.2, 0.25) is 0 Å². The molecule has 0 aliphatic carbocycles. The number of anilines is 1. The second-order valence-corrected chi connectivity index (χ2v) is 3.90. The Hall–Kier alpha value is -1.06. The quantitative estimate of drug-likeness (QED) is 0.831. The highest BCUT2D eigenvalue weighted by Gasteiger charge is 2.20. The van der Waals surface area contributed by atoms with Gasteiger partial charge in [0.15, 0.2) is 0 Å². The van der Waals surface area contributed by atoms with Gasteiger partial charge in [-0.2, -0.15) is 0 Å². The van der Waals surface area contributed by atoms with Crippen LogP contribution in [0.25, 0.3) is 0 Å². The third-order valence-corrected chi connectivity index (χ3v) is 2.71. The second kappa shape index (κ2) is 6.51. The van der Waals surface area contributed by atoms with E-state index in [1.807, 2.05) is 30.3 Å². The number of carbonyl (C=O) groups is 1. The highest BCUT2D eigenvalue weighted by atomic mass is 35.5. The molecule has 1 atom stereocenters. The lowest BCUT2D eigenvalue weighted by Crippen LogP contribution is -2.37. The molecule has 16 heavy (non-hydrogen) atoms. The summed E-state index contributed by atoms with van der Waals surface area (Å²) in [4.78, 5) is 11.8. The molecule has 1 amide bonds. The van der Waals surface area contributed by atoms with E-state index < -0.39 is 0 Å². The SMILES string of the molecule is Cl.O=C(Nc1ccccc1)[C@H]1CCCNC1. The fraction of sp³-hybridized carbons (Fsp3) is 0.417. The van der Waals surface area contributed by atoms with Crippen molar-refractivity contribution in [2.24, 2.45) is 5.92 Å². The van der Waals surface area contributed by atoms with E-state index in [9.17, 15) is 4.79 Å². The van der Waals surface area contributed by atoms with Gasteiger partial charge in [0.2, 0.25) is 5.91 Å². The van der Waals surface area contributed by atoms with Crippen LogP contribution >= 0.6 is 12.4 Å². The summed E-state index contributed by atoms with van der Waals surface area (Å²) < 4.78 is 0. The molecule has 1 aromatic rings. The van der Waals surface area contributed by atoms with Crippen molar-refractivity contribution in [1.82, 2.24) is 5.32 Å². The fourth-order valence-corrected chi connectivity index (χ4v) is 1.84. The predicted molar refractivity (Wildman–Crippen MR) is 67.9 cm³/mol. The Bertz CT molecular complexity index is 323. The van der Waals surface area contributed by atoms with Gasteiger partial charge in [0.05, 0.1) is 5.92 Å². The second-order valence-electron chi connectivity index (χ2n) is 3.90. The molecule has 0 bridgehead atoms. The van der Waals surface area contributed by atoms with Crippen molar-refractivity contribution in [2.75, 3.05) is 18.4 Å². The molecule has 0 unspecified atom stereocenters. The Kier molecular flexibility index (Phi) is 5.29. The Morgan fingerprint density at radius 3 is 2.69 bits per heavy atom. The Morgan fingerprint density at radius 1 is 1.31 bits per heavy atom. The van der Waals surface area contributed by atoms with E-state index in [1.165, 1.54) is 0 Å². The molecule has 1 heterocycles. The van der Waals surface area contributed by atoms with Crippen LogP contribution < -0.4 is 10.6 Å². The monoisotopic (exact) mass is 240 g/mol. The number of para-hydroxylation sites is 1. The van der Waals surface area contributed by atoms with Crippen LogP contribution in [0.5, 0.6) is 0 Å². The van der Waals surface area contributed by atoms with Crippen molar-refractivity contribution in [2.45, 2.75) is 12.8 Å². The molecule has 1 fully saturated rings. The molecule has 88 valence electrons. The first kappa shape index (κ1) is 13.0. The van der Waals surface area contributed by atoms with E-state index >= 15 is 0 Å². The van der Waals surface area contributed by atoms with Crippen molar-refractivity contribution in [1.29, 1.82) is 0 Å². The Morgan fingerprint density at radius 2 is 2.06 bits per heavy atom. The number of piperidine rings is 1. The van der Waals surface area contributed by atoms with E-state index in [-0.39, 0.29) is 24.2 Å². The number of benzene rings is 1. The molecule has 2 rings (SSSR count). The largest absolute Gasteiger partial charge is 0.326 e. The van der Waals surface area contributed by atoms with Crippen LogP contribution in [0.3, 0.4) is 0 Å². The van der Waals surface area contributed by atoms with E-state index in [4.69, 9.17) is 0 Å². The van der Waals surface area contributed by atoms with Crippen LogP contribution in [0.4, 0.5) is 5.69 Å². The Balaban J connectivity index is 0.00000128. The van der Waals surface area contributed by atoms with Crippen LogP contribution in [0.1, 0.15) is 12.8 Å². The molecule has 0 aromatic heterocycles. The molecular formula is C12H17ClN2O. The first-order valence-electron chi connectivity index (χ1n) is 5.43. The number of rotatable bonds is 2. The molecule has 1 aliphatic rings. The van der Waals surface area contributed by atoms with Crippen LogP contribution in [0.15, 0.2) is 30.3 Å². The molecule has 2 N–H and O–H groups in total. The van der Waals surface area contributed by atoms with Gasteiger partial charge in [-0.25, -0.2) is 0 Å². The van der Waals surface area contributed by atoms with Crippen molar-refractivity contribution in [3.63, 3.8) is 0 Å². The average Bonchev–Trinajstić information content (AvgIpc) is 2.31. The minimum absolute atomic E-state index is 0. The molecule has 4 heteroatoms. The van der Waals surface area contributed by atoms with Crippen LogP contribution in [-0.2, 0) is 4.79 Å². The van der Waals surface area contributed by atoms with Gasteiger partial charge in [0.1, 0.15) is 0 Å². The van der Waals surface area contributed by atoms with Gasteiger partial charge in [0, 0.05) is 12.2 Å². The number of halogens is 1. The van der Waals surface area contributed by atoms with Crippen LogP contribution in [0, 0.1) is 5.92 Å². The van der Waals surface area contributed by atoms with Gasteiger partial charge < -0.3 is 10.6 Å². The summed E-state index contributed by atoms with van der Waals surface area (Å²) in [6.07, 6.45) is 2.08. The summed E-state index contributed by atoms with van der Waals surface area (Å²) in [5, 5.41) is 6.17. The van der Waals surface area contributed by atoms with Gasteiger partial charge >= 0.3 is 0 Å². The number of hydrogen-bond donors (Lipinski definition) is 2. The summed E-state index contributed by atoms with van der Waals surface area (Å²) in [5.74, 6) is 0.257. The fourth-order valence-electron chi connectivity index (χ4n) is 1.84. The highest BCUT2D eigenvalue weighted by Crippen LogP contribution is 2.13. The first-order chi connectivity index (χ1) is 7.36. The maximum absolute atomic E-state index is 11.8. The smallest absolute Gasteiger partial charge is 0.228 e. The number of nitrogens with one attached hydrogen (secondary N) is 2. The van der Waals surface area contributed by atoms with Gasteiger partial charge in [-0.3, -0.25) is 4.79 Å². The maximum Gasteiger partial charge on any atom is 0.228 e. The Labute approximate surface area is 102 Å². The van der Waals surface area contributed by atoms with Crippen molar-refractivity contribution in [3.8, 4) is 0 Å². The zero-order chi connectivity index (χ0) is 10.5. The minimum atomic E-state index is 0. The normalized spacial score (nSPS) is 19.6. The summed E-state index contributed by atoms with van der Waals surface area (Å²) >= 11 is 0. The lowest BCUT2D eigenvalue weighted by Gasteiger charge is -2.21. The number of carbonyl (C=O) groups excluding carboxylic acids is 1. The van der Waals surface area contributed by atoms with Gasteiger partial charge in [-0.15, -0.1) is 12.4 Å². The minimum Gasteiger partial charge on any atom is -0.326 e. The summed E-state index contributed by atoms with van der Waals surface area (Å²) in [6.45, 7) is 1.84. The molecule has 0 radical (unpaired) electrons. The van der Waals surface area contributed by atoms with E-state index in [0.29, 0.717) is 0 Å². The first-order valence-corrected chi connectivity index (χ1v) is 5.43. The summed E-state index contributed by atoms with van der Waals surface area (Å²) in [5.41, 5.74) is 0.882. The average molecular weight is 241 g/mol. The van der Waals surface area contributed by atoms with Gasteiger partial charge in [-0.1, -0.05) is 18.2 Å². The summed E-state index contributed by atoms with van der Waals surface area (Å²) in [6, 6.07) is 9.61. The van der Waals surface area contributed by atoms with Gasteiger partial charge in [-0.05, 0) is 31.5 Å². The third kappa shape index (κ3) is 3.51. The molecule has 0 spiro atoms. The lowest BCUT2D eigenvalue weighted by molar-refractivity contribution is -0.120. The van der Waals surface area contributed by atoms with Crippen molar-refractivity contribution in [3.05, 3.63) is 30.3 Å². The van der Waals surface area contributed by atoms with Crippen molar-refractivity contribution >= 4 is 24.0 Å². The maximum atomic E-state index is 11.8. The molecule has 1 aliphatic heterocycles. The molecule has 3 nitrogen and oxygen atoms in total. The standard InChI is InChI=1S/C12H16N2O.ClH/c15-12(10-5-4-8-13-9-10)14-11-6-2-1-3-7-11;/h1-3,6-7,10,13H,4-5,8-9H2,(H,14,15);1H/t10-;/m0./s1. The molecular weight excluding hydrogens is 224 g/mol. The number of hydrogen-bond acceptors (Lipinski definition) is 2. The van der Waals surface area contributed by atoms with E-state index in [1.54, 1.807) is 0 Å². The van der Waals surface area contributed by atoms with E-state index in [0.717, 1.165) is 31.6 Å². The summed E-state index contributed by atoms with van der Waals surface area (Å²) in [7, 11) is 0. The molecule has 1 saturated heterocycles. The lowest BCUT2D eigenvalue weighted by atomic mass is 9.99. The zero-order valence-electron chi connectivity index (χ0n) is 9.11. The van der Waals surface area contributed by atoms with Crippen molar-refractivity contribution < 1.29 is 4.79 Å². The van der Waals surface area contributed by atoms with Crippen LogP contribution in [-0.4, -0.2) is 19.0 Å².